The van der Waals surface area contributed by atoms with Crippen molar-refractivity contribution in [3.8, 4) is 11.5 Å². The van der Waals surface area contributed by atoms with Crippen molar-refractivity contribution in [2.24, 2.45) is 10.7 Å². The summed E-state index contributed by atoms with van der Waals surface area (Å²) in [4.78, 5) is 16.2. The maximum absolute atomic E-state index is 11.8. The van der Waals surface area contributed by atoms with Gasteiger partial charge in [0.25, 0.3) is 5.91 Å². The van der Waals surface area contributed by atoms with Gasteiger partial charge in [-0.1, -0.05) is 6.07 Å². The van der Waals surface area contributed by atoms with Gasteiger partial charge in [0.05, 0.1) is 19.9 Å². The molecule has 0 fully saturated rings. The van der Waals surface area contributed by atoms with Crippen molar-refractivity contribution in [3.05, 3.63) is 59.6 Å². The van der Waals surface area contributed by atoms with Gasteiger partial charge in [0.2, 0.25) is 5.55 Å². The minimum atomic E-state index is -0.620. The van der Waals surface area contributed by atoms with Crippen LogP contribution in [0.25, 0.3) is 11.0 Å². The number of rotatable bonds is 4. The largest absolute Gasteiger partial charge is 0.497 e. The van der Waals surface area contributed by atoms with Crippen molar-refractivity contribution in [2.45, 2.75) is 0 Å². The molecule has 6 nitrogen and oxygen atoms in total. The molecule has 0 radical (unpaired) electrons. The number of hydrogen-bond donors (Lipinski definition) is 1. The fraction of sp³-hybridized carbons (Fsp3) is 0.111. The van der Waals surface area contributed by atoms with Gasteiger partial charge in [-0.2, -0.15) is 0 Å². The second-order valence-electron chi connectivity index (χ2n) is 5.05. The fourth-order valence-corrected chi connectivity index (χ4v) is 2.29. The first-order valence-electron chi connectivity index (χ1n) is 7.21. The molecule has 0 aliphatic carbocycles. The van der Waals surface area contributed by atoms with Crippen LogP contribution < -0.4 is 20.8 Å². The number of primary amides is 1. The second kappa shape index (κ2) is 6.45. The number of carbonyl (C=O) groups excluding carboxylic acids is 1. The van der Waals surface area contributed by atoms with E-state index in [0.29, 0.717) is 28.2 Å². The Hall–Kier alpha value is -3.28. The maximum Gasteiger partial charge on any atom is 0.254 e. The molecule has 1 aromatic heterocycles. The molecular weight excluding hydrogens is 308 g/mol. The molecule has 0 aliphatic heterocycles. The van der Waals surface area contributed by atoms with E-state index in [2.05, 4.69) is 4.99 Å². The molecule has 24 heavy (non-hydrogen) atoms. The molecular formula is C18H16N2O4. The molecule has 2 N–H and O–H groups in total. The third kappa shape index (κ3) is 3.08. The summed E-state index contributed by atoms with van der Waals surface area (Å²) in [5, 5.41) is 0.702. The highest BCUT2D eigenvalue weighted by molar-refractivity contribution is 5.95. The average Bonchev–Trinajstić information content (AvgIpc) is 2.60. The molecule has 1 amide bonds. The molecule has 3 aromatic rings. The summed E-state index contributed by atoms with van der Waals surface area (Å²) >= 11 is 0. The van der Waals surface area contributed by atoms with Crippen LogP contribution in [0.5, 0.6) is 11.5 Å². The van der Waals surface area contributed by atoms with E-state index in [1.807, 2.05) is 0 Å². The van der Waals surface area contributed by atoms with E-state index in [-0.39, 0.29) is 11.1 Å². The smallest absolute Gasteiger partial charge is 0.254 e. The zero-order valence-electron chi connectivity index (χ0n) is 13.3. The van der Waals surface area contributed by atoms with E-state index in [1.165, 1.54) is 0 Å². The van der Waals surface area contributed by atoms with Gasteiger partial charge in [0, 0.05) is 11.5 Å². The van der Waals surface area contributed by atoms with Gasteiger partial charge in [-0.25, -0.2) is 4.99 Å². The highest BCUT2D eigenvalue weighted by Crippen LogP contribution is 2.22. The molecule has 0 aliphatic rings. The van der Waals surface area contributed by atoms with Gasteiger partial charge in [0.15, 0.2) is 0 Å². The SMILES string of the molecule is COc1cccc(N=c2oc3ccc(OC)cc3cc2C(N)=O)c1. The van der Waals surface area contributed by atoms with Crippen LogP contribution in [0.3, 0.4) is 0 Å². The number of ether oxygens (including phenoxy) is 2. The number of methoxy groups -OCH3 is 2. The first kappa shape index (κ1) is 15.6. The van der Waals surface area contributed by atoms with Crippen LogP contribution in [0.1, 0.15) is 10.4 Å². The Kier molecular flexibility index (Phi) is 4.20. The van der Waals surface area contributed by atoms with Crippen LogP contribution in [0.15, 0.2) is 57.9 Å². The predicted octanol–water partition coefficient (Wildman–Crippen LogP) is 2.78. The molecule has 3 rings (SSSR count). The maximum atomic E-state index is 11.8. The lowest BCUT2D eigenvalue weighted by Crippen LogP contribution is -2.21. The zero-order chi connectivity index (χ0) is 17.1. The van der Waals surface area contributed by atoms with E-state index >= 15 is 0 Å². The minimum Gasteiger partial charge on any atom is -0.497 e. The molecule has 0 spiro atoms. The average molecular weight is 324 g/mol. The van der Waals surface area contributed by atoms with E-state index in [0.717, 1.165) is 0 Å². The Labute approximate surface area is 138 Å². The fourth-order valence-electron chi connectivity index (χ4n) is 2.29. The Morgan fingerprint density at radius 2 is 1.79 bits per heavy atom. The third-order valence-electron chi connectivity index (χ3n) is 3.50. The number of fused-ring (bicyclic) bond motifs is 1. The van der Waals surface area contributed by atoms with Crippen LogP contribution in [-0.4, -0.2) is 20.1 Å². The van der Waals surface area contributed by atoms with Crippen molar-refractivity contribution >= 4 is 22.6 Å². The highest BCUT2D eigenvalue weighted by Gasteiger charge is 2.10. The van der Waals surface area contributed by atoms with E-state index < -0.39 is 5.91 Å². The van der Waals surface area contributed by atoms with E-state index in [1.54, 1.807) is 62.8 Å². The summed E-state index contributed by atoms with van der Waals surface area (Å²) in [7, 11) is 3.14. The van der Waals surface area contributed by atoms with Crippen molar-refractivity contribution in [2.75, 3.05) is 14.2 Å². The molecule has 0 saturated carbocycles. The molecule has 2 aromatic carbocycles. The quantitative estimate of drug-likeness (QED) is 0.799. The van der Waals surface area contributed by atoms with Crippen LogP contribution in [0.2, 0.25) is 0 Å². The molecule has 0 bridgehead atoms. The summed E-state index contributed by atoms with van der Waals surface area (Å²) in [6.45, 7) is 0. The Morgan fingerprint density at radius 1 is 1.04 bits per heavy atom. The normalized spacial score (nSPS) is 11.5. The number of nitrogens with two attached hydrogens (primary N) is 1. The van der Waals surface area contributed by atoms with Crippen LogP contribution >= 0.6 is 0 Å². The second-order valence-corrected chi connectivity index (χ2v) is 5.05. The lowest BCUT2D eigenvalue weighted by atomic mass is 10.1. The molecule has 0 saturated heterocycles. The van der Waals surface area contributed by atoms with Crippen LogP contribution in [-0.2, 0) is 0 Å². The molecule has 0 atom stereocenters. The van der Waals surface area contributed by atoms with Gasteiger partial charge < -0.3 is 19.6 Å². The lowest BCUT2D eigenvalue weighted by molar-refractivity contribution is 0.0996. The number of amides is 1. The van der Waals surface area contributed by atoms with E-state index in [9.17, 15) is 4.79 Å². The molecule has 122 valence electrons. The Balaban J connectivity index is 2.23. The van der Waals surface area contributed by atoms with Gasteiger partial charge in [-0.15, -0.1) is 0 Å². The summed E-state index contributed by atoms with van der Waals surface area (Å²) in [5.74, 6) is 0.693. The zero-order valence-corrected chi connectivity index (χ0v) is 13.3. The van der Waals surface area contributed by atoms with Crippen molar-refractivity contribution in [1.29, 1.82) is 0 Å². The number of benzene rings is 2. The number of hydrogen-bond acceptors (Lipinski definition) is 5. The Bertz CT molecular complexity index is 976. The summed E-state index contributed by atoms with van der Waals surface area (Å²) in [5.41, 5.74) is 6.97. The third-order valence-corrected chi connectivity index (χ3v) is 3.50. The Morgan fingerprint density at radius 3 is 2.50 bits per heavy atom. The first-order chi connectivity index (χ1) is 11.6. The number of nitrogens with zero attached hydrogens (tertiary/aromatic N) is 1. The molecule has 6 heteroatoms. The van der Waals surface area contributed by atoms with Crippen LogP contribution in [0.4, 0.5) is 5.69 Å². The summed E-state index contributed by atoms with van der Waals surface area (Å²) in [6, 6.07) is 14.0. The van der Waals surface area contributed by atoms with Gasteiger partial charge in [0.1, 0.15) is 22.6 Å². The van der Waals surface area contributed by atoms with Gasteiger partial charge >= 0.3 is 0 Å². The van der Waals surface area contributed by atoms with E-state index in [4.69, 9.17) is 19.6 Å². The summed E-state index contributed by atoms with van der Waals surface area (Å²) in [6.07, 6.45) is 0. The number of carbonyl (C=O) groups is 1. The van der Waals surface area contributed by atoms with Crippen molar-refractivity contribution in [1.82, 2.24) is 0 Å². The predicted molar refractivity (Wildman–Crippen MR) is 89.5 cm³/mol. The topological polar surface area (TPSA) is 87.1 Å². The van der Waals surface area contributed by atoms with Crippen LogP contribution in [0, 0.1) is 0 Å². The van der Waals surface area contributed by atoms with Gasteiger partial charge in [-0.3, -0.25) is 4.79 Å². The molecule has 1 heterocycles. The first-order valence-corrected chi connectivity index (χ1v) is 7.21. The summed E-state index contributed by atoms with van der Waals surface area (Å²) < 4.78 is 16.1. The highest BCUT2D eigenvalue weighted by atomic mass is 16.5. The lowest BCUT2D eigenvalue weighted by Gasteiger charge is -2.05. The monoisotopic (exact) mass is 324 g/mol. The van der Waals surface area contributed by atoms with Crippen molar-refractivity contribution < 1.29 is 18.7 Å². The van der Waals surface area contributed by atoms with Crippen molar-refractivity contribution in [3.63, 3.8) is 0 Å². The minimum absolute atomic E-state index is 0.147. The van der Waals surface area contributed by atoms with Gasteiger partial charge in [-0.05, 0) is 36.4 Å². The molecule has 0 unspecified atom stereocenters. The standard InChI is InChI=1S/C18H16N2O4/c1-22-13-5-3-4-12(10-13)20-18-15(17(19)21)9-11-8-14(23-2)6-7-16(11)24-18/h3-10H,1-2H3,(H2,19,21).